The van der Waals surface area contributed by atoms with Crippen molar-refractivity contribution in [3.63, 3.8) is 0 Å². The van der Waals surface area contributed by atoms with E-state index in [9.17, 15) is 0 Å². The van der Waals surface area contributed by atoms with Crippen LogP contribution >= 0.6 is 12.4 Å². The maximum absolute atomic E-state index is 0. The van der Waals surface area contributed by atoms with Crippen molar-refractivity contribution in [2.75, 3.05) is 0 Å². The minimum Gasteiger partial charge on any atom is -0.412 e. The van der Waals surface area contributed by atoms with E-state index in [4.69, 9.17) is 0 Å². The first-order valence-corrected chi connectivity index (χ1v) is 0. The van der Waals surface area contributed by atoms with Gasteiger partial charge < -0.3 is 16.4 Å². The van der Waals surface area contributed by atoms with E-state index in [1.165, 1.54) is 0 Å². The van der Waals surface area contributed by atoms with E-state index in [1.807, 2.05) is 0 Å². The Morgan fingerprint density at radius 3 is 0.600 bits per heavy atom. The molecule has 0 amide bonds. The van der Waals surface area contributed by atoms with Crippen LogP contribution in [0, 0.1) is 0 Å². The Kier molecular flexibility index (Phi) is 2480. The van der Waals surface area contributed by atoms with Crippen molar-refractivity contribution in [1.29, 1.82) is 0 Å². The fraction of sp³-hybridized carbons (Fsp3) is 0. The van der Waals surface area contributed by atoms with Gasteiger partial charge in [0.05, 0.1) is 0 Å². The van der Waals surface area contributed by atoms with Gasteiger partial charge in [0, 0.05) is 24.4 Å². The summed E-state index contributed by atoms with van der Waals surface area (Å²) in [5, 5.41) is 0. The second-order valence-electron chi connectivity index (χ2n) is 0. The maximum atomic E-state index is 0. The van der Waals surface area contributed by atoms with Crippen molar-refractivity contribution < 1.29 is 16.4 Å². The van der Waals surface area contributed by atoms with Crippen molar-refractivity contribution in [3.05, 3.63) is 0 Å². The van der Waals surface area contributed by atoms with E-state index in [0.29, 0.717) is 0 Å². The van der Waals surface area contributed by atoms with Crippen LogP contribution in [0.15, 0.2) is 0 Å². The summed E-state index contributed by atoms with van der Waals surface area (Å²) in [6.07, 6.45) is 0. The molecule has 6 N–H and O–H groups in total. The van der Waals surface area contributed by atoms with Gasteiger partial charge in [-0.1, -0.05) is 0 Å². The van der Waals surface area contributed by atoms with Crippen LogP contribution in [0.3, 0.4) is 0 Å². The average Bonchev–Trinajstić information content (AvgIpc) is 0. The van der Waals surface area contributed by atoms with E-state index in [1.54, 1.807) is 0 Å². The first-order valence-electron chi connectivity index (χ1n) is 0. The standard InChI is InChI=1S/ClH.3H2O.Sb/h1H;3*1H2;. The van der Waals surface area contributed by atoms with Gasteiger partial charge in [-0.05, 0) is 0 Å². The smallest absolute Gasteiger partial charge is 0 e. The largest absolute Gasteiger partial charge is 0.412 e. The molecule has 0 aliphatic heterocycles. The average molecular weight is 212 g/mol. The van der Waals surface area contributed by atoms with Gasteiger partial charge in [0.15, 0.2) is 0 Å². The van der Waals surface area contributed by atoms with Gasteiger partial charge in [-0.2, -0.15) is 0 Å². The molecule has 3 radical (unpaired) electrons. The molecular formula is H7ClO3Sb. The molecule has 0 bridgehead atoms. The van der Waals surface area contributed by atoms with E-state index in [2.05, 4.69) is 0 Å². The van der Waals surface area contributed by atoms with Crippen LogP contribution in [0.4, 0.5) is 0 Å². The van der Waals surface area contributed by atoms with Crippen LogP contribution in [-0.4, -0.2) is 40.9 Å². The first kappa shape index (κ1) is 153. The Hall–Kier alpha value is 0.988. The zero-order valence-corrected chi connectivity index (χ0v) is 5.72. The van der Waals surface area contributed by atoms with E-state index in [0.717, 1.165) is 0 Å². The summed E-state index contributed by atoms with van der Waals surface area (Å²) in [4.78, 5) is 0. The van der Waals surface area contributed by atoms with Crippen LogP contribution in [-0.2, 0) is 0 Å². The normalized spacial score (nSPS) is 0. The summed E-state index contributed by atoms with van der Waals surface area (Å²) >= 11 is 0. The number of halogens is 1. The fourth-order valence-electron chi connectivity index (χ4n) is 0. The second-order valence-corrected chi connectivity index (χ2v) is 0. The van der Waals surface area contributed by atoms with Gasteiger partial charge in [-0.3, -0.25) is 0 Å². The van der Waals surface area contributed by atoms with E-state index >= 15 is 0 Å². The molecule has 0 unspecified atom stereocenters. The molecule has 5 heteroatoms. The molecular weight excluding hydrogens is 205 g/mol. The van der Waals surface area contributed by atoms with Gasteiger partial charge in [-0.15, -0.1) is 12.4 Å². The minimum atomic E-state index is 0. The summed E-state index contributed by atoms with van der Waals surface area (Å²) < 4.78 is 0. The van der Waals surface area contributed by atoms with Crippen LogP contribution in [0.2, 0.25) is 0 Å². The monoisotopic (exact) mass is 211 g/mol. The van der Waals surface area contributed by atoms with Crippen LogP contribution in [0.5, 0.6) is 0 Å². The molecule has 0 aliphatic rings. The summed E-state index contributed by atoms with van der Waals surface area (Å²) in [6, 6.07) is 0. The quantitative estimate of drug-likeness (QED) is 0.399. The minimum absolute atomic E-state index is 0. The molecule has 0 aromatic rings. The predicted octanol–water partition coefficient (Wildman–Crippen LogP) is -2.43. The van der Waals surface area contributed by atoms with E-state index < -0.39 is 0 Å². The number of hydrogen-bond acceptors (Lipinski definition) is 0. The number of rotatable bonds is 0. The maximum Gasteiger partial charge on any atom is 0 e. The third-order valence-corrected chi connectivity index (χ3v) is 0. The summed E-state index contributed by atoms with van der Waals surface area (Å²) in [5.41, 5.74) is 0. The Morgan fingerprint density at radius 1 is 0.600 bits per heavy atom. The van der Waals surface area contributed by atoms with Crippen molar-refractivity contribution in [2.24, 2.45) is 0 Å². The molecule has 3 nitrogen and oxygen atoms in total. The third-order valence-electron chi connectivity index (χ3n) is 0. The molecule has 5 heavy (non-hydrogen) atoms. The topological polar surface area (TPSA) is 94.5 Å². The molecule has 0 aromatic heterocycles. The van der Waals surface area contributed by atoms with Crippen LogP contribution in [0.25, 0.3) is 0 Å². The Labute approximate surface area is 53.5 Å². The van der Waals surface area contributed by atoms with Gasteiger partial charge in [0.1, 0.15) is 0 Å². The Bertz CT molecular complexity index is 6.85. The van der Waals surface area contributed by atoms with Crippen LogP contribution < -0.4 is 0 Å². The third kappa shape index (κ3) is 45.6. The van der Waals surface area contributed by atoms with Crippen LogP contribution in [0.1, 0.15) is 0 Å². The van der Waals surface area contributed by atoms with Crippen molar-refractivity contribution in [1.82, 2.24) is 0 Å². The van der Waals surface area contributed by atoms with E-state index in [-0.39, 0.29) is 53.3 Å². The number of hydrogen-bond donors (Lipinski definition) is 0. The van der Waals surface area contributed by atoms with Gasteiger partial charge >= 0.3 is 0 Å². The van der Waals surface area contributed by atoms with Crippen molar-refractivity contribution in [2.45, 2.75) is 0 Å². The van der Waals surface area contributed by atoms with Gasteiger partial charge in [-0.25, -0.2) is 0 Å². The first-order chi connectivity index (χ1) is 0. The van der Waals surface area contributed by atoms with Crippen molar-refractivity contribution >= 4 is 36.8 Å². The molecule has 0 saturated heterocycles. The zero-order chi connectivity index (χ0) is 0. The zero-order valence-electron chi connectivity index (χ0n) is 2.36. The molecule has 0 atom stereocenters. The Balaban J connectivity index is 0. The molecule has 0 rings (SSSR count). The molecule has 0 heterocycles. The van der Waals surface area contributed by atoms with Crippen molar-refractivity contribution in [3.8, 4) is 0 Å². The molecule has 0 aliphatic carbocycles. The van der Waals surface area contributed by atoms with Gasteiger partial charge in [0.25, 0.3) is 0 Å². The fourth-order valence-corrected chi connectivity index (χ4v) is 0. The van der Waals surface area contributed by atoms with Gasteiger partial charge in [0.2, 0.25) is 0 Å². The molecule has 0 fully saturated rings. The summed E-state index contributed by atoms with van der Waals surface area (Å²) in [6.45, 7) is 0. The molecule has 0 saturated carbocycles. The summed E-state index contributed by atoms with van der Waals surface area (Å²) in [7, 11) is 0. The molecule has 37 valence electrons. The SMILES string of the molecule is Cl.O.O.O.[Sb]. The molecule has 0 aromatic carbocycles. The second kappa shape index (κ2) is 81.2. The predicted molar refractivity (Wildman–Crippen MR) is 23.8 cm³/mol. The summed E-state index contributed by atoms with van der Waals surface area (Å²) in [5.74, 6) is 0. The Morgan fingerprint density at radius 2 is 0.600 bits per heavy atom. The molecule has 0 spiro atoms.